The molecule has 2 aliphatic rings. The molecule has 0 spiro atoms. The maximum atomic E-state index is 10.4. The molecule has 2 aromatic carbocycles. The molecule has 5 rings (SSSR count). The molecule has 7 heteroatoms. The van der Waals surface area contributed by atoms with Crippen LogP contribution < -0.4 is 5.32 Å². The van der Waals surface area contributed by atoms with E-state index >= 15 is 0 Å². The van der Waals surface area contributed by atoms with Crippen molar-refractivity contribution in [2.24, 2.45) is 0 Å². The van der Waals surface area contributed by atoms with Crippen LogP contribution in [0.2, 0.25) is 0 Å². The Labute approximate surface area is 152 Å². The van der Waals surface area contributed by atoms with Gasteiger partial charge in [-0.1, -0.05) is 18.2 Å². The highest BCUT2D eigenvalue weighted by molar-refractivity contribution is 7.85. The number of hydrogen-bond acceptors (Lipinski definition) is 5. The van der Waals surface area contributed by atoms with Crippen LogP contribution in [0.1, 0.15) is 29.4 Å². The molecule has 0 amide bonds. The number of nitrogens with one attached hydrogen (secondary N) is 1. The van der Waals surface area contributed by atoms with Gasteiger partial charge < -0.3 is 5.32 Å². The monoisotopic (exact) mass is 369 g/mol. The lowest BCUT2D eigenvalue weighted by molar-refractivity contribution is 0.454. The summed E-state index contributed by atoms with van der Waals surface area (Å²) >= 11 is 0. The molecule has 0 unspecified atom stereocenters. The Morgan fingerprint density at radius 1 is 0.923 bits per heavy atom. The molecular weight excluding hydrogens is 350 g/mol. The summed E-state index contributed by atoms with van der Waals surface area (Å²) in [7, 11) is -4.00. The summed E-state index contributed by atoms with van der Waals surface area (Å²) in [5, 5.41) is 3.51. The maximum Gasteiger partial charge on any atom is 0.294 e. The van der Waals surface area contributed by atoms with Crippen molar-refractivity contribution in [2.75, 3.05) is 13.1 Å². The third kappa shape index (κ3) is 3.33. The topological polar surface area (TPSA) is 92.2 Å². The van der Waals surface area contributed by atoms with Gasteiger partial charge in [-0.25, -0.2) is 0 Å². The van der Waals surface area contributed by atoms with E-state index in [-0.39, 0.29) is 4.90 Å². The fourth-order valence-electron chi connectivity index (χ4n) is 3.76. The second-order valence-corrected chi connectivity index (χ2v) is 8.02. The van der Waals surface area contributed by atoms with Crippen LogP contribution in [0.4, 0.5) is 0 Å². The molecule has 1 aromatic heterocycles. The molecule has 1 fully saturated rings. The second kappa shape index (κ2) is 6.75. The van der Waals surface area contributed by atoms with Gasteiger partial charge in [0, 0.05) is 25.5 Å². The minimum absolute atomic E-state index is 0.0741. The third-order valence-corrected chi connectivity index (χ3v) is 5.81. The van der Waals surface area contributed by atoms with Crippen LogP contribution in [0, 0.1) is 0 Å². The lowest BCUT2D eigenvalue weighted by Crippen LogP contribution is -2.28. The second-order valence-electron chi connectivity index (χ2n) is 6.60. The molecule has 0 radical (unpaired) electrons. The van der Waals surface area contributed by atoms with Crippen molar-refractivity contribution < 1.29 is 13.0 Å². The van der Waals surface area contributed by atoms with E-state index in [1.807, 2.05) is 0 Å². The van der Waals surface area contributed by atoms with E-state index in [1.54, 1.807) is 30.6 Å². The lowest BCUT2D eigenvalue weighted by Gasteiger charge is -2.19. The predicted octanol–water partition coefficient (Wildman–Crippen LogP) is 2.74. The van der Waals surface area contributed by atoms with Gasteiger partial charge in [0.05, 0.1) is 15.9 Å². The van der Waals surface area contributed by atoms with E-state index in [9.17, 15) is 8.42 Å². The average Bonchev–Trinajstić information content (AvgIpc) is 2.90. The molecule has 2 atom stereocenters. The number of rotatable bonds is 1. The zero-order valence-electron chi connectivity index (χ0n) is 14.0. The van der Waals surface area contributed by atoms with Gasteiger partial charge in [0.25, 0.3) is 10.1 Å². The van der Waals surface area contributed by atoms with E-state index in [2.05, 4.69) is 27.4 Å². The Kier molecular flexibility index (Phi) is 4.44. The first kappa shape index (κ1) is 17.1. The smallest absolute Gasteiger partial charge is 0.294 e. The fourth-order valence-corrected chi connectivity index (χ4v) is 4.26. The van der Waals surface area contributed by atoms with E-state index in [4.69, 9.17) is 4.55 Å². The van der Waals surface area contributed by atoms with Gasteiger partial charge in [-0.15, -0.1) is 0 Å². The Morgan fingerprint density at radius 2 is 1.46 bits per heavy atom. The lowest BCUT2D eigenvalue weighted by atomic mass is 9.98. The minimum atomic E-state index is -4.00. The summed E-state index contributed by atoms with van der Waals surface area (Å²) in [5.41, 5.74) is 5.08. The van der Waals surface area contributed by atoms with Crippen molar-refractivity contribution in [2.45, 2.75) is 23.2 Å². The van der Waals surface area contributed by atoms with Gasteiger partial charge in [-0.2, -0.15) is 8.42 Å². The molecule has 26 heavy (non-hydrogen) atoms. The normalized spacial score (nSPS) is 21.0. The molecule has 2 heterocycles. The number of aromatic nitrogens is 2. The SMILES string of the molecule is O=S(=O)(O)c1ccccc1.c1cnc2cc3c(cc2n1)[C@@H]1CNC[C@H]3C1. The van der Waals surface area contributed by atoms with Crippen LogP contribution in [0.5, 0.6) is 0 Å². The molecule has 0 saturated carbocycles. The number of benzene rings is 2. The van der Waals surface area contributed by atoms with E-state index in [0.29, 0.717) is 11.8 Å². The van der Waals surface area contributed by atoms with Crippen molar-refractivity contribution in [3.05, 3.63) is 66.0 Å². The van der Waals surface area contributed by atoms with Crippen molar-refractivity contribution in [1.29, 1.82) is 0 Å². The summed E-state index contributed by atoms with van der Waals surface area (Å²) in [5.74, 6) is 1.39. The number of nitrogens with zero attached hydrogens (tertiary/aromatic N) is 2. The van der Waals surface area contributed by atoms with Crippen LogP contribution >= 0.6 is 0 Å². The van der Waals surface area contributed by atoms with Gasteiger partial charge in [0.2, 0.25) is 0 Å². The standard InChI is InChI=1S/C13H13N3.C6H6O3S/c1-2-16-13-5-11-9-3-8(6-14-7-9)10(11)4-12(13)15-1;7-10(8,9)6-4-2-1-3-5-6/h1-2,4-5,8-9,14H,3,6-7H2;1-5H,(H,7,8,9)/t8-,9+;. The molecule has 1 aliphatic carbocycles. The average molecular weight is 369 g/mol. The van der Waals surface area contributed by atoms with Crippen LogP contribution in [-0.4, -0.2) is 36.0 Å². The van der Waals surface area contributed by atoms with E-state index < -0.39 is 10.1 Å². The largest absolute Gasteiger partial charge is 0.316 e. The van der Waals surface area contributed by atoms with Crippen LogP contribution in [0.15, 0.2) is 59.8 Å². The zero-order valence-corrected chi connectivity index (χ0v) is 14.9. The van der Waals surface area contributed by atoms with Crippen molar-refractivity contribution in [1.82, 2.24) is 15.3 Å². The molecule has 2 bridgehead atoms. The summed E-state index contributed by atoms with van der Waals surface area (Å²) in [6.07, 6.45) is 4.85. The summed E-state index contributed by atoms with van der Waals surface area (Å²) in [6, 6.07) is 11.9. The van der Waals surface area contributed by atoms with Gasteiger partial charge in [-0.3, -0.25) is 14.5 Å². The van der Waals surface area contributed by atoms with Crippen molar-refractivity contribution >= 4 is 21.2 Å². The summed E-state index contributed by atoms with van der Waals surface area (Å²) < 4.78 is 29.2. The Morgan fingerprint density at radius 3 is 1.92 bits per heavy atom. The highest BCUT2D eigenvalue weighted by Gasteiger charge is 2.34. The molecule has 2 N–H and O–H groups in total. The molecule has 6 nitrogen and oxygen atoms in total. The predicted molar refractivity (Wildman–Crippen MR) is 98.8 cm³/mol. The Balaban J connectivity index is 0.000000146. The zero-order chi connectivity index (χ0) is 18.1. The number of hydrogen-bond donors (Lipinski definition) is 2. The fraction of sp³-hybridized carbons (Fsp3) is 0.263. The molecule has 1 aliphatic heterocycles. The highest BCUT2D eigenvalue weighted by Crippen LogP contribution is 2.44. The van der Waals surface area contributed by atoms with Crippen molar-refractivity contribution in [3.8, 4) is 0 Å². The first-order valence-corrected chi connectivity index (χ1v) is 9.94. The van der Waals surface area contributed by atoms with Crippen LogP contribution in [0.25, 0.3) is 11.0 Å². The van der Waals surface area contributed by atoms with Gasteiger partial charge >= 0.3 is 0 Å². The summed E-state index contributed by atoms with van der Waals surface area (Å²) in [6.45, 7) is 2.24. The first-order valence-electron chi connectivity index (χ1n) is 8.50. The minimum Gasteiger partial charge on any atom is -0.316 e. The van der Waals surface area contributed by atoms with E-state index in [1.165, 1.54) is 29.7 Å². The Bertz CT molecular complexity index is 990. The van der Waals surface area contributed by atoms with Crippen LogP contribution in [-0.2, 0) is 10.1 Å². The van der Waals surface area contributed by atoms with Crippen LogP contribution in [0.3, 0.4) is 0 Å². The maximum absolute atomic E-state index is 10.4. The number of fused-ring (bicyclic) bond motifs is 6. The molecule has 3 aromatic rings. The highest BCUT2D eigenvalue weighted by atomic mass is 32.2. The molecule has 134 valence electrons. The first-order chi connectivity index (χ1) is 12.5. The Hall–Kier alpha value is -2.35. The third-order valence-electron chi connectivity index (χ3n) is 4.95. The van der Waals surface area contributed by atoms with Gasteiger partial charge in [0.15, 0.2) is 0 Å². The van der Waals surface area contributed by atoms with Gasteiger partial charge in [0.1, 0.15) is 0 Å². The molecule has 1 saturated heterocycles. The van der Waals surface area contributed by atoms with Crippen molar-refractivity contribution in [3.63, 3.8) is 0 Å². The molecular formula is C19H19N3O3S. The number of piperidine rings is 1. The quantitative estimate of drug-likeness (QED) is 0.641. The summed E-state index contributed by atoms with van der Waals surface area (Å²) in [4.78, 5) is 8.71. The van der Waals surface area contributed by atoms with E-state index in [0.717, 1.165) is 24.1 Å². The van der Waals surface area contributed by atoms with Gasteiger partial charge in [-0.05, 0) is 53.6 Å².